The number of nitrogens with one attached hydrogen (secondary N) is 2. The van der Waals surface area contributed by atoms with Crippen molar-refractivity contribution in [3.63, 3.8) is 0 Å². The molecule has 9 N–H and O–H groups in total. The number of hydrogen-bond acceptors (Lipinski definition) is 10. The van der Waals surface area contributed by atoms with Gasteiger partial charge in [-0.1, -0.05) is 0 Å². The van der Waals surface area contributed by atoms with Gasteiger partial charge in [0.05, 0.1) is 6.10 Å². The molecule has 1 heterocycles. The summed E-state index contributed by atoms with van der Waals surface area (Å²) in [6, 6.07) is -1.49. The molecule has 0 bridgehead atoms. The summed E-state index contributed by atoms with van der Waals surface area (Å²) in [6.45, 7) is -0.904. The van der Waals surface area contributed by atoms with E-state index in [4.69, 9.17) is 14.9 Å². The molecule has 0 spiro atoms. The van der Waals surface area contributed by atoms with Crippen LogP contribution < -0.4 is 10.6 Å². The molecule has 29 heavy (non-hydrogen) atoms. The highest BCUT2D eigenvalue weighted by Crippen LogP contribution is 2.19. The Morgan fingerprint density at radius 3 is 2.24 bits per heavy atom. The van der Waals surface area contributed by atoms with Gasteiger partial charge in [0.15, 0.2) is 6.29 Å². The summed E-state index contributed by atoms with van der Waals surface area (Å²) < 4.78 is 4.91. The molecule has 13 nitrogen and oxygen atoms in total. The third-order valence-electron chi connectivity index (χ3n) is 4.37. The lowest BCUT2D eigenvalue weighted by molar-refractivity contribution is -0.280. The highest BCUT2D eigenvalue weighted by molar-refractivity contribution is 5.88. The number of carbonyl (C=O) groups is 3. The Bertz CT molecular complexity index is 561. The van der Waals surface area contributed by atoms with Crippen LogP contribution in [0.15, 0.2) is 0 Å². The lowest BCUT2D eigenvalue weighted by atomic mass is 9.98. The molecule has 1 aliphatic heterocycles. The number of ether oxygens (including phenoxy) is 1. The van der Waals surface area contributed by atoms with Crippen LogP contribution in [0.5, 0.6) is 0 Å². The maximum Gasteiger partial charge on any atom is 0.303 e. The van der Waals surface area contributed by atoms with E-state index >= 15 is 0 Å². The third kappa shape index (κ3) is 7.81. The van der Waals surface area contributed by atoms with Gasteiger partial charge in [-0.05, 0) is 12.8 Å². The Balaban J connectivity index is 2.67. The first kappa shape index (κ1) is 25.2. The first-order chi connectivity index (χ1) is 13.6. The maximum atomic E-state index is 12.4. The van der Waals surface area contributed by atoms with Gasteiger partial charge in [-0.15, -0.1) is 0 Å². The van der Waals surface area contributed by atoms with Crippen LogP contribution in [0.1, 0.15) is 25.7 Å². The average molecular weight is 424 g/mol. The van der Waals surface area contributed by atoms with Gasteiger partial charge in [0.25, 0.3) is 0 Å². The molecule has 0 saturated carbocycles. The Hall–Kier alpha value is -1.87. The van der Waals surface area contributed by atoms with Crippen LogP contribution in [-0.2, 0) is 19.1 Å². The Labute approximate surface area is 165 Å². The number of carbonyl (C=O) groups excluding carboxylic acids is 2. The molecule has 168 valence electrons. The number of rotatable bonds is 11. The van der Waals surface area contributed by atoms with Crippen molar-refractivity contribution in [2.45, 2.75) is 68.5 Å². The topological polar surface area (TPSA) is 226 Å². The molecule has 1 fully saturated rings. The van der Waals surface area contributed by atoms with E-state index in [-0.39, 0.29) is 25.7 Å². The summed E-state index contributed by atoms with van der Waals surface area (Å²) in [5.41, 5.74) is 0. The molecule has 0 aromatic heterocycles. The zero-order chi connectivity index (χ0) is 22.1. The number of amides is 2. The summed E-state index contributed by atoms with van der Waals surface area (Å²) in [6.07, 6.45) is -10.3. The van der Waals surface area contributed by atoms with Crippen molar-refractivity contribution in [1.82, 2.24) is 10.6 Å². The van der Waals surface area contributed by atoms with Crippen LogP contribution in [0.3, 0.4) is 0 Å². The lowest BCUT2D eigenvalue weighted by Crippen LogP contribution is -2.61. The molecule has 1 rings (SSSR count). The third-order valence-corrected chi connectivity index (χ3v) is 4.37. The first-order valence-electron chi connectivity index (χ1n) is 9.04. The van der Waals surface area contributed by atoms with Gasteiger partial charge in [0.1, 0.15) is 30.5 Å². The number of hydrogen-bond donors (Lipinski definition) is 9. The highest BCUT2D eigenvalue weighted by atomic mass is 16.6. The molecule has 0 aliphatic carbocycles. The van der Waals surface area contributed by atoms with E-state index in [1.165, 1.54) is 0 Å². The molecule has 7 atom stereocenters. The fourth-order valence-electron chi connectivity index (χ4n) is 2.69. The second-order valence-corrected chi connectivity index (χ2v) is 6.65. The Morgan fingerprint density at radius 2 is 1.66 bits per heavy atom. The van der Waals surface area contributed by atoms with Gasteiger partial charge in [-0.25, -0.2) is 0 Å². The first-order valence-corrected chi connectivity index (χ1v) is 9.04. The van der Waals surface area contributed by atoms with E-state index in [2.05, 4.69) is 10.6 Å². The smallest absolute Gasteiger partial charge is 0.303 e. The fraction of sp³-hybridized carbons (Fsp3) is 0.812. The number of carboxylic acid groups (broad SMARTS) is 1. The van der Waals surface area contributed by atoms with Crippen LogP contribution in [0, 0.1) is 0 Å². The van der Waals surface area contributed by atoms with Gasteiger partial charge >= 0.3 is 5.97 Å². The van der Waals surface area contributed by atoms with Gasteiger partial charge < -0.3 is 51.1 Å². The molecular formula is C16H28N2O11. The minimum Gasteiger partial charge on any atom is -0.481 e. The molecule has 2 amide bonds. The lowest BCUT2D eigenvalue weighted by Gasteiger charge is -2.38. The van der Waals surface area contributed by atoms with Gasteiger partial charge in [0, 0.05) is 26.0 Å². The minimum absolute atomic E-state index is 0.0197. The molecule has 1 unspecified atom stereocenters. The molecule has 13 heteroatoms. The quantitative estimate of drug-likeness (QED) is 0.153. The van der Waals surface area contributed by atoms with Crippen molar-refractivity contribution >= 4 is 17.8 Å². The summed E-state index contributed by atoms with van der Waals surface area (Å²) in [5, 5.41) is 70.5. The summed E-state index contributed by atoms with van der Waals surface area (Å²) in [7, 11) is 0. The van der Waals surface area contributed by atoms with Crippen LogP contribution in [0.25, 0.3) is 0 Å². The number of aliphatic hydroxyl groups excluding tert-OH is 6. The predicted octanol–water partition coefficient (Wildman–Crippen LogP) is -4.61. The van der Waals surface area contributed by atoms with E-state index in [0.717, 1.165) is 0 Å². The van der Waals surface area contributed by atoms with Crippen LogP contribution >= 0.6 is 0 Å². The molecule has 0 radical (unpaired) electrons. The Morgan fingerprint density at radius 1 is 1.00 bits per heavy atom. The second-order valence-electron chi connectivity index (χ2n) is 6.65. The number of carboxylic acids is 1. The van der Waals surface area contributed by atoms with E-state index in [1.807, 2.05) is 0 Å². The minimum atomic E-state index is -1.79. The standard InChI is InChI=1S/C16H28N2O11/c19-5-4-7(20)11(18-9(21)2-1-3-10(22)23)15(27)17-6-8-12(24)13(25)14(26)16(28)29-8/h7-8,11-14,16,19-20,24-26,28H,1-6H2,(H,17,27)(H,18,21)(H,22,23)/t7?,8-,11-,12+,13+,14-,16+/m0/s1. The number of aliphatic carboxylic acids is 1. The van der Waals surface area contributed by atoms with Crippen molar-refractivity contribution in [3.8, 4) is 0 Å². The molecule has 1 aliphatic rings. The van der Waals surface area contributed by atoms with Crippen molar-refractivity contribution in [1.29, 1.82) is 0 Å². The number of aliphatic hydroxyl groups is 6. The SMILES string of the molecule is O=C(O)CCCC(=O)N[C@H](C(=O)NC[C@@H]1O[C@@H](O)[C@@H](O)[C@H](O)[C@@H]1O)C(O)CCO. The van der Waals surface area contributed by atoms with E-state index < -0.39 is 73.8 Å². The van der Waals surface area contributed by atoms with Crippen molar-refractivity contribution < 1.29 is 54.9 Å². The predicted molar refractivity (Wildman–Crippen MR) is 93.0 cm³/mol. The van der Waals surface area contributed by atoms with Gasteiger partial charge in [-0.2, -0.15) is 0 Å². The van der Waals surface area contributed by atoms with Gasteiger partial charge in [-0.3, -0.25) is 14.4 Å². The molecule has 0 aromatic carbocycles. The highest BCUT2D eigenvalue weighted by Gasteiger charge is 2.43. The van der Waals surface area contributed by atoms with Crippen LogP contribution in [0.4, 0.5) is 0 Å². The molecule has 1 saturated heterocycles. The monoisotopic (exact) mass is 424 g/mol. The molecular weight excluding hydrogens is 396 g/mol. The van der Waals surface area contributed by atoms with E-state index in [1.54, 1.807) is 0 Å². The van der Waals surface area contributed by atoms with Crippen LogP contribution in [0.2, 0.25) is 0 Å². The maximum absolute atomic E-state index is 12.4. The Kier molecular flexibility index (Phi) is 10.4. The largest absolute Gasteiger partial charge is 0.481 e. The van der Waals surface area contributed by atoms with Crippen molar-refractivity contribution in [2.75, 3.05) is 13.2 Å². The molecule has 0 aromatic rings. The fourth-order valence-corrected chi connectivity index (χ4v) is 2.69. The second kappa shape index (κ2) is 12.0. The normalized spacial score (nSPS) is 29.0. The van der Waals surface area contributed by atoms with Crippen molar-refractivity contribution in [2.24, 2.45) is 0 Å². The van der Waals surface area contributed by atoms with Gasteiger partial charge in [0.2, 0.25) is 11.8 Å². The van der Waals surface area contributed by atoms with Crippen molar-refractivity contribution in [3.05, 3.63) is 0 Å². The van der Waals surface area contributed by atoms with E-state index in [9.17, 15) is 39.9 Å². The van der Waals surface area contributed by atoms with E-state index in [0.29, 0.717) is 0 Å². The summed E-state index contributed by atoms with van der Waals surface area (Å²) >= 11 is 0. The summed E-state index contributed by atoms with van der Waals surface area (Å²) in [5.74, 6) is -2.68. The zero-order valence-electron chi connectivity index (χ0n) is 15.5. The van der Waals surface area contributed by atoms with Crippen LogP contribution in [-0.4, -0.2) is 110 Å². The average Bonchev–Trinajstić information content (AvgIpc) is 2.65. The summed E-state index contributed by atoms with van der Waals surface area (Å²) in [4.78, 5) is 34.8. The zero-order valence-corrected chi connectivity index (χ0v) is 15.5.